The lowest BCUT2D eigenvalue weighted by atomic mass is 9.66. The van der Waals surface area contributed by atoms with E-state index in [1.165, 1.54) is 13.8 Å². The van der Waals surface area contributed by atoms with E-state index in [1.807, 2.05) is 0 Å². The van der Waals surface area contributed by atoms with E-state index in [0.717, 1.165) is 19.3 Å². The van der Waals surface area contributed by atoms with Gasteiger partial charge in [-0.15, -0.1) is 0 Å². The molecule has 0 aromatic heterocycles. The largest absolute Gasteiger partial charge is 0.426 e. The molecule has 0 N–H and O–H groups in total. The van der Waals surface area contributed by atoms with E-state index >= 15 is 0 Å². The van der Waals surface area contributed by atoms with Crippen molar-refractivity contribution < 1.29 is 71.6 Å². The number of hydrogen-bond acceptors (Lipinski definition) is 4. The quantitative estimate of drug-likeness (QED) is 0.123. The molecule has 41 heavy (non-hydrogen) atoms. The summed E-state index contributed by atoms with van der Waals surface area (Å²) in [7, 11) is 0. The summed E-state index contributed by atoms with van der Waals surface area (Å²) in [4.78, 5) is 0. The molecule has 2 aliphatic rings. The number of ether oxygens (including phenoxy) is 4. The van der Waals surface area contributed by atoms with Gasteiger partial charge in [0.25, 0.3) is 11.2 Å². The highest BCUT2D eigenvalue weighted by Crippen LogP contribution is 2.60. The summed E-state index contributed by atoms with van der Waals surface area (Å²) < 4.78 is 189. The van der Waals surface area contributed by atoms with Crippen LogP contribution < -0.4 is 0 Å². The third-order valence-electron chi connectivity index (χ3n) is 7.82. The molecular weight excluding hydrogens is 592 g/mol. The second kappa shape index (κ2) is 13.7. The van der Waals surface area contributed by atoms with Gasteiger partial charge in [-0.3, -0.25) is 0 Å². The predicted molar refractivity (Wildman–Crippen MR) is 121 cm³/mol. The summed E-state index contributed by atoms with van der Waals surface area (Å²) in [6, 6.07) is 0. The highest BCUT2D eigenvalue weighted by molar-refractivity contribution is 5.08. The lowest BCUT2D eigenvalue weighted by Crippen LogP contribution is -2.68. The van der Waals surface area contributed by atoms with Crippen LogP contribution in [0.5, 0.6) is 0 Å². The molecule has 2 atom stereocenters. The van der Waals surface area contributed by atoms with Gasteiger partial charge in [-0.05, 0) is 51.9 Å². The van der Waals surface area contributed by atoms with Crippen molar-refractivity contribution >= 4 is 0 Å². The molecule has 0 aliphatic heterocycles. The van der Waals surface area contributed by atoms with Gasteiger partial charge < -0.3 is 18.9 Å². The van der Waals surface area contributed by atoms with Crippen molar-refractivity contribution in [1.82, 2.24) is 0 Å². The molecular formula is C25H36F12O4. The Kier molecular flexibility index (Phi) is 12.1. The molecule has 244 valence electrons. The molecule has 0 aromatic rings. The average molecular weight is 629 g/mol. The third kappa shape index (κ3) is 8.14. The summed E-state index contributed by atoms with van der Waals surface area (Å²) in [6.45, 7) is -0.787. The van der Waals surface area contributed by atoms with Crippen molar-refractivity contribution in [3.05, 3.63) is 0 Å². The fourth-order valence-electron chi connectivity index (χ4n) is 5.93. The van der Waals surface area contributed by atoms with Gasteiger partial charge in [0, 0.05) is 11.8 Å². The molecule has 16 heteroatoms. The van der Waals surface area contributed by atoms with Crippen molar-refractivity contribution in [2.45, 2.75) is 114 Å². The summed E-state index contributed by atoms with van der Waals surface area (Å²) in [6.07, 6.45) is -26.2. The number of rotatable bonds is 12. The molecule has 0 heterocycles. The lowest BCUT2D eigenvalue weighted by Gasteiger charge is -2.49. The number of alkyl halides is 12. The Bertz CT molecular complexity index is 757. The van der Waals surface area contributed by atoms with Gasteiger partial charge >= 0.3 is 24.7 Å². The Morgan fingerprint density at radius 3 is 1.49 bits per heavy atom. The molecule has 0 bridgehead atoms. The van der Waals surface area contributed by atoms with Gasteiger partial charge in [-0.25, -0.2) is 0 Å². The lowest BCUT2D eigenvalue weighted by molar-refractivity contribution is -0.422. The first kappa shape index (κ1) is 36.2. The maximum atomic E-state index is 14.3. The van der Waals surface area contributed by atoms with E-state index < -0.39 is 99.5 Å². The third-order valence-corrected chi connectivity index (χ3v) is 7.82. The molecule has 2 saturated carbocycles. The van der Waals surface area contributed by atoms with E-state index in [1.54, 1.807) is 0 Å². The zero-order chi connectivity index (χ0) is 31.3. The van der Waals surface area contributed by atoms with E-state index in [0.29, 0.717) is 12.8 Å². The van der Waals surface area contributed by atoms with Crippen molar-refractivity contribution in [1.29, 1.82) is 0 Å². The second-order valence-corrected chi connectivity index (χ2v) is 10.9. The highest BCUT2D eigenvalue weighted by atomic mass is 19.4. The van der Waals surface area contributed by atoms with Crippen LogP contribution in [0.3, 0.4) is 0 Å². The zero-order valence-electron chi connectivity index (χ0n) is 22.7. The average Bonchev–Trinajstić information content (AvgIpc) is 2.81. The standard InChI is InChI=1S/C25H36F12O4/c1-16(2)39-11-12-40-20(22(26,27)28,23(29,30)31)18-9-6-10-19(13-18)21(24(32,33)34,25(35,36)37)41-15-38-14-17-7-4-3-5-8-17/h16-19H,3-15H2,1-2H3. The summed E-state index contributed by atoms with van der Waals surface area (Å²) in [5.74, 6) is -5.77. The van der Waals surface area contributed by atoms with Crippen molar-refractivity contribution in [3.8, 4) is 0 Å². The Labute approximate surface area is 230 Å². The first-order valence-corrected chi connectivity index (χ1v) is 13.4. The molecule has 2 unspecified atom stereocenters. The van der Waals surface area contributed by atoms with Gasteiger partial charge in [0.05, 0.1) is 25.9 Å². The smallest absolute Gasteiger partial charge is 0.376 e. The molecule has 0 saturated heterocycles. The molecule has 0 radical (unpaired) electrons. The minimum Gasteiger partial charge on any atom is -0.376 e. The second-order valence-electron chi connectivity index (χ2n) is 10.9. The fraction of sp³-hybridized carbons (Fsp3) is 1.00. The topological polar surface area (TPSA) is 36.9 Å². The number of halogens is 12. The summed E-state index contributed by atoms with van der Waals surface area (Å²) in [5, 5.41) is 0. The maximum Gasteiger partial charge on any atom is 0.426 e. The van der Waals surface area contributed by atoms with Crippen LogP contribution >= 0.6 is 0 Å². The molecule has 4 nitrogen and oxygen atoms in total. The first-order chi connectivity index (χ1) is 18.7. The normalized spacial score (nSPS) is 22.9. The Morgan fingerprint density at radius 1 is 0.585 bits per heavy atom. The van der Waals surface area contributed by atoms with Gasteiger partial charge in [-0.2, -0.15) is 52.7 Å². The van der Waals surface area contributed by atoms with Gasteiger partial charge in [0.1, 0.15) is 6.79 Å². The van der Waals surface area contributed by atoms with Crippen LogP contribution in [0.2, 0.25) is 0 Å². The van der Waals surface area contributed by atoms with E-state index in [-0.39, 0.29) is 12.5 Å². The van der Waals surface area contributed by atoms with E-state index in [9.17, 15) is 52.7 Å². The minimum absolute atomic E-state index is 0.117. The zero-order valence-corrected chi connectivity index (χ0v) is 22.7. The number of hydrogen-bond donors (Lipinski definition) is 0. The summed E-state index contributed by atoms with van der Waals surface area (Å²) in [5.41, 5.74) is -10.1. The first-order valence-electron chi connectivity index (χ1n) is 13.4. The van der Waals surface area contributed by atoms with Crippen molar-refractivity contribution in [3.63, 3.8) is 0 Å². The molecule has 0 spiro atoms. The molecule has 2 rings (SSSR count). The monoisotopic (exact) mass is 628 g/mol. The van der Waals surface area contributed by atoms with Gasteiger partial charge in [0.15, 0.2) is 0 Å². The Morgan fingerprint density at radius 2 is 1.05 bits per heavy atom. The van der Waals surface area contributed by atoms with Crippen LogP contribution in [-0.4, -0.2) is 68.6 Å². The SMILES string of the molecule is CC(C)OCCOC(C1CCCC(C(OCOCC2CCCCC2)(C(F)(F)F)C(F)(F)F)C1)(C(F)(F)F)C(F)(F)F. The Balaban J connectivity index is 2.42. The van der Waals surface area contributed by atoms with Gasteiger partial charge in [0.2, 0.25) is 0 Å². The van der Waals surface area contributed by atoms with Crippen molar-refractivity contribution in [2.24, 2.45) is 17.8 Å². The Hall–Kier alpha value is -1.00. The predicted octanol–water partition coefficient (Wildman–Crippen LogP) is 8.53. The maximum absolute atomic E-state index is 14.3. The molecule has 0 amide bonds. The fourth-order valence-corrected chi connectivity index (χ4v) is 5.93. The minimum atomic E-state index is -6.24. The molecule has 0 aromatic carbocycles. The highest BCUT2D eigenvalue weighted by Gasteiger charge is 2.79. The van der Waals surface area contributed by atoms with E-state index in [4.69, 9.17) is 9.47 Å². The van der Waals surface area contributed by atoms with Crippen LogP contribution in [0.1, 0.15) is 71.6 Å². The van der Waals surface area contributed by atoms with E-state index in [2.05, 4.69) is 9.47 Å². The van der Waals surface area contributed by atoms with Crippen LogP contribution in [0, 0.1) is 17.8 Å². The van der Waals surface area contributed by atoms with Crippen LogP contribution in [0.4, 0.5) is 52.7 Å². The van der Waals surface area contributed by atoms with Gasteiger partial charge in [-0.1, -0.05) is 25.7 Å². The van der Waals surface area contributed by atoms with Crippen LogP contribution in [0.15, 0.2) is 0 Å². The van der Waals surface area contributed by atoms with Crippen LogP contribution in [0.25, 0.3) is 0 Å². The van der Waals surface area contributed by atoms with Crippen molar-refractivity contribution in [2.75, 3.05) is 26.6 Å². The van der Waals surface area contributed by atoms with Crippen LogP contribution in [-0.2, 0) is 18.9 Å². The molecule has 2 fully saturated rings. The summed E-state index contributed by atoms with van der Waals surface area (Å²) >= 11 is 0. The molecule has 2 aliphatic carbocycles.